The fraction of sp³-hybridized carbons (Fsp3) is 0.444. The maximum Gasteiger partial charge on any atom is 0.383 e. The Hall–Kier alpha value is -3.80. The summed E-state index contributed by atoms with van der Waals surface area (Å²) < 4.78 is 23.2. The molecule has 0 radical (unpaired) electrons. The molecule has 3 aromatic rings. The van der Waals surface area contributed by atoms with Crippen molar-refractivity contribution in [2.24, 2.45) is 0 Å². The van der Waals surface area contributed by atoms with Crippen molar-refractivity contribution in [3.8, 4) is 17.2 Å². The molecule has 0 bridgehead atoms. The van der Waals surface area contributed by atoms with Crippen LogP contribution in [0.2, 0.25) is 0 Å². The Balaban J connectivity index is 1.74. The number of benzene rings is 2. The van der Waals surface area contributed by atoms with Gasteiger partial charge in [-0.25, -0.2) is 9.59 Å². The summed E-state index contributed by atoms with van der Waals surface area (Å²) in [4.78, 5) is 25.9. The minimum atomic E-state index is -0.773. The molecule has 0 N–H and O–H groups in total. The summed E-state index contributed by atoms with van der Waals surface area (Å²) in [7, 11) is 0. The Kier molecular flexibility index (Phi) is 13.9. The van der Waals surface area contributed by atoms with Crippen molar-refractivity contribution >= 4 is 16.9 Å². The number of carbonyl (C=O) groups is 1. The van der Waals surface area contributed by atoms with Crippen LogP contribution < -0.4 is 19.8 Å². The standard InChI is InChI=1S/C36H46O6/c1-5-6-7-8-9-10-11-15-24-40-33-31-22-21-30(39-25-23-28(4)18-16-17-27(2)3)26-32(31)41-36(38)34(33)42-35(37)29-19-13-12-14-20-29/h12-14,17,19-23,26H,5-11,15-16,18,24-25H2,1-4H3/b28-23+. The van der Waals surface area contributed by atoms with Crippen molar-refractivity contribution in [2.45, 2.75) is 91.9 Å². The van der Waals surface area contributed by atoms with E-state index < -0.39 is 11.6 Å². The summed E-state index contributed by atoms with van der Waals surface area (Å²) in [6, 6.07) is 13.8. The molecular formula is C36H46O6. The fourth-order valence-corrected chi connectivity index (χ4v) is 4.56. The van der Waals surface area contributed by atoms with Gasteiger partial charge < -0.3 is 18.6 Å². The normalized spacial score (nSPS) is 11.4. The molecule has 2 aromatic carbocycles. The number of esters is 1. The minimum absolute atomic E-state index is 0.218. The first-order chi connectivity index (χ1) is 20.4. The first-order valence-electron chi connectivity index (χ1n) is 15.3. The van der Waals surface area contributed by atoms with Gasteiger partial charge in [0.15, 0.2) is 5.75 Å². The topological polar surface area (TPSA) is 75.0 Å². The smallest absolute Gasteiger partial charge is 0.383 e. The predicted octanol–water partition coefficient (Wildman–Crippen LogP) is 9.60. The highest BCUT2D eigenvalue weighted by atomic mass is 16.6. The summed E-state index contributed by atoms with van der Waals surface area (Å²) >= 11 is 0. The second-order valence-corrected chi connectivity index (χ2v) is 11.0. The van der Waals surface area contributed by atoms with Gasteiger partial charge in [-0.3, -0.25) is 0 Å². The Morgan fingerprint density at radius 3 is 2.26 bits per heavy atom. The Labute approximate surface area is 250 Å². The quantitative estimate of drug-likeness (QED) is 0.0652. The first-order valence-corrected chi connectivity index (χ1v) is 15.3. The van der Waals surface area contributed by atoms with Crippen LogP contribution in [-0.4, -0.2) is 19.2 Å². The molecule has 6 nitrogen and oxygen atoms in total. The zero-order valence-corrected chi connectivity index (χ0v) is 25.7. The zero-order chi connectivity index (χ0) is 30.2. The zero-order valence-electron chi connectivity index (χ0n) is 25.7. The van der Waals surface area contributed by atoms with Crippen molar-refractivity contribution in [2.75, 3.05) is 13.2 Å². The number of allylic oxidation sites excluding steroid dienone is 3. The molecule has 1 heterocycles. The molecule has 6 heteroatoms. The molecule has 226 valence electrons. The third kappa shape index (κ3) is 10.9. The average Bonchev–Trinajstić information content (AvgIpc) is 2.97. The monoisotopic (exact) mass is 574 g/mol. The van der Waals surface area contributed by atoms with Gasteiger partial charge in [-0.1, -0.05) is 87.3 Å². The van der Waals surface area contributed by atoms with Crippen molar-refractivity contribution < 1.29 is 23.4 Å². The maximum absolute atomic E-state index is 13.1. The summed E-state index contributed by atoms with van der Waals surface area (Å²) in [5.74, 6) is -0.0949. The molecular weight excluding hydrogens is 528 g/mol. The number of fused-ring (bicyclic) bond motifs is 1. The van der Waals surface area contributed by atoms with E-state index in [0.717, 1.165) is 32.1 Å². The lowest BCUT2D eigenvalue weighted by Gasteiger charge is -2.14. The van der Waals surface area contributed by atoms with Crippen molar-refractivity contribution in [1.29, 1.82) is 0 Å². The van der Waals surface area contributed by atoms with Crippen LogP contribution in [0, 0.1) is 0 Å². The molecule has 3 rings (SSSR count). The minimum Gasteiger partial charge on any atom is -0.489 e. The van der Waals surface area contributed by atoms with E-state index in [-0.39, 0.29) is 11.5 Å². The second kappa shape index (κ2) is 17.9. The summed E-state index contributed by atoms with van der Waals surface area (Å²) in [6.45, 7) is 9.32. The van der Waals surface area contributed by atoms with Gasteiger partial charge in [0.2, 0.25) is 0 Å². The van der Waals surface area contributed by atoms with Gasteiger partial charge in [0, 0.05) is 6.07 Å². The van der Waals surface area contributed by atoms with Crippen LogP contribution in [0.1, 0.15) is 102 Å². The van der Waals surface area contributed by atoms with E-state index in [4.69, 9.17) is 18.6 Å². The number of unbranched alkanes of at least 4 members (excludes halogenated alkanes) is 7. The number of rotatable bonds is 18. The molecule has 0 atom stereocenters. The molecule has 0 spiro atoms. The number of carbonyl (C=O) groups excluding carboxylic acids is 1. The molecule has 0 amide bonds. The Morgan fingerprint density at radius 2 is 1.55 bits per heavy atom. The van der Waals surface area contributed by atoms with E-state index in [0.29, 0.717) is 35.5 Å². The largest absolute Gasteiger partial charge is 0.489 e. The van der Waals surface area contributed by atoms with Crippen LogP contribution in [0.5, 0.6) is 17.2 Å². The van der Waals surface area contributed by atoms with Crippen molar-refractivity contribution in [3.05, 3.63) is 87.8 Å². The van der Waals surface area contributed by atoms with Crippen LogP contribution in [-0.2, 0) is 0 Å². The molecule has 0 saturated carbocycles. The van der Waals surface area contributed by atoms with E-state index in [1.807, 2.05) is 0 Å². The van der Waals surface area contributed by atoms with Crippen molar-refractivity contribution in [1.82, 2.24) is 0 Å². The third-order valence-electron chi connectivity index (χ3n) is 7.01. The van der Waals surface area contributed by atoms with Crippen LogP contribution in [0.3, 0.4) is 0 Å². The van der Waals surface area contributed by atoms with E-state index in [1.54, 1.807) is 48.5 Å². The van der Waals surface area contributed by atoms with E-state index in [9.17, 15) is 9.59 Å². The number of hydrogen-bond acceptors (Lipinski definition) is 6. The predicted molar refractivity (Wildman–Crippen MR) is 170 cm³/mol. The Morgan fingerprint density at radius 1 is 0.833 bits per heavy atom. The highest BCUT2D eigenvalue weighted by Crippen LogP contribution is 2.35. The molecule has 0 fully saturated rings. The van der Waals surface area contributed by atoms with E-state index >= 15 is 0 Å². The second-order valence-electron chi connectivity index (χ2n) is 11.0. The molecule has 42 heavy (non-hydrogen) atoms. The highest BCUT2D eigenvalue weighted by molar-refractivity contribution is 5.93. The molecule has 0 aliphatic carbocycles. The van der Waals surface area contributed by atoms with E-state index in [1.165, 1.54) is 43.3 Å². The van der Waals surface area contributed by atoms with Gasteiger partial charge in [-0.2, -0.15) is 0 Å². The molecule has 1 aromatic heterocycles. The SMILES string of the molecule is CCCCCCCCCCOc1c(OC(=O)c2ccccc2)c(=O)oc2cc(OC/C=C(\C)CCC=C(C)C)ccc12. The summed E-state index contributed by atoms with van der Waals surface area (Å²) in [5.41, 5.74) is 2.44. The molecule has 0 aliphatic heterocycles. The van der Waals surface area contributed by atoms with Gasteiger partial charge in [0.1, 0.15) is 17.9 Å². The molecule has 0 saturated heterocycles. The van der Waals surface area contributed by atoms with Crippen molar-refractivity contribution in [3.63, 3.8) is 0 Å². The number of ether oxygens (including phenoxy) is 3. The molecule has 0 unspecified atom stereocenters. The van der Waals surface area contributed by atoms with Gasteiger partial charge >= 0.3 is 11.6 Å². The van der Waals surface area contributed by atoms with Gasteiger partial charge in [0.25, 0.3) is 5.75 Å². The summed E-state index contributed by atoms with van der Waals surface area (Å²) in [6.07, 6.45) is 15.6. The lowest BCUT2D eigenvalue weighted by atomic mass is 10.1. The van der Waals surface area contributed by atoms with Crippen LogP contribution in [0.25, 0.3) is 11.0 Å². The fourth-order valence-electron chi connectivity index (χ4n) is 4.56. The van der Waals surface area contributed by atoms with Crippen LogP contribution in [0.4, 0.5) is 0 Å². The lowest BCUT2D eigenvalue weighted by molar-refractivity contribution is 0.0721. The average molecular weight is 575 g/mol. The van der Waals surface area contributed by atoms with Gasteiger partial charge in [-0.05, 0) is 70.4 Å². The van der Waals surface area contributed by atoms with Gasteiger partial charge in [0.05, 0.1) is 17.6 Å². The molecule has 0 aliphatic rings. The van der Waals surface area contributed by atoms with E-state index in [2.05, 4.69) is 39.8 Å². The number of hydrogen-bond donors (Lipinski definition) is 0. The van der Waals surface area contributed by atoms with Gasteiger partial charge in [-0.15, -0.1) is 0 Å². The maximum atomic E-state index is 13.1. The Bertz CT molecular complexity index is 1380. The lowest BCUT2D eigenvalue weighted by Crippen LogP contribution is -2.16. The third-order valence-corrected chi connectivity index (χ3v) is 7.01. The first kappa shape index (κ1) is 32.7. The van der Waals surface area contributed by atoms with Crippen LogP contribution >= 0.6 is 0 Å². The summed E-state index contributed by atoms with van der Waals surface area (Å²) in [5, 5.41) is 0.547. The highest BCUT2D eigenvalue weighted by Gasteiger charge is 2.22. The van der Waals surface area contributed by atoms with Crippen LogP contribution in [0.15, 0.2) is 81.0 Å².